The van der Waals surface area contributed by atoms with Gasteiger partial charge in [0.05, 0.1) is 24.8 Å². The summed E-state index contributed by atoms with van der Waals surface area (Å²) in [6.45, 7) is 1.29. The van der Waals surface area contributed by atoms with Crippen molar-refractivity contribution in [2.45, 2.75) is 13.0 Å². The van der Waals surface area contributed by atoms with Crippen LogP contribution in [0.1, 0.15) is 17.3 Å². The first-order valence-corrected chi connectivity index (χ1v) is 6.40. The molecule has 3 N–H and O–H groups in total. The lowest BCUT2D eigenvalue weighted by atomic mass is 10.2. The molecule has 0 aliphatic carbocycles. The number of amides is 3. The number of nitrogens with two attached hydrogens (primary N) is 1. The van der Waals surface area contributed by atoms with E-state index in [4.69, 9.17) is 31.5 Å². The molecule has 22 heavy (non-hydrogen) atoms. The van der Waals surface area contributed by atoms with Crippen LogP contribution >= 0.6 is 11.6 Å². The highest BCUT2D eigenvalue weighted by atomic mass is 35.5. The van der Waals surface area contributed by atoms with Crippen LogP contribution in [0, 0.1) is 0 Å². The Morgan fingerprint density at radius 1 is 1.23 bits per heavy atom. The van der Waals surface area contributed by atoms with Gasteiger partial charge in [-0.25, -0.2) is 9.59 Å². The molecular weight excluding hydrogens is 316 g/mol. The highest BCUT2D eigenvalue weighted by Gasteiger charge is 2.22. The van der Waals surface area contributed by atoms with E-state index in [0.29, 0.717) is 0 Å². The Bertz CT molecular complexity index is 604. The summed E-state index contributed by atoms with van der Waals surface area (Å²) in [5.41, 5.74) is 4.86. The molecule has 1 rings (SSSR count). The molecule has 8 nitrogen and oxygen atoms in total. The van der Waals surface area contributed by atoms with Gasteiger partial charge in [0, 0.05) is 0 Å². The number of hydrogen-bond donors (Lipinski definition) is 2. The van der Waals surface area contributed by atoms with Crippen LogP contribution in [-0.4, -0.2) is 38.2 Å². The number of urea groups is 1. The van der Waals surface area contributed by atoms with Crippen LogP contribution in [0.2, 0.25) is 5.02 Å². The molecule has 0 saturated carbocycles. The van der Waals surface area contributed by atoms with Crippen LogP contribution in [0.4, 0.5) is 4.79 Å². The predicted octanol–water partition coefficient (Wildman–Crippen LogP) is 1.10. The molecule has 9 heteroatoms. The average molecular weight is 331 g/mol. The van der Waals surface area contributed by atoms with Crippen LogP contribution in [0.15, 0.2) is 12.1 Å². The normalized spacial score (nSPS) is 11.3. The minimum Gasteiger partial charge on any atom is -0.493 e. The Morgan fingerprint density at radius 2 is 1.86 bits per heavy atom. The summed E-state index contributed by atoms with van der Waals surface area (Å²) in [6.07, 6.45) is -1.22. The summed E-state index contributed by atoms with van der Waals surface area (Å²) < 4.78 is 15.0. The van der Waals surface area contributed by atoms with Crippen molar-refractivity contribution in [1.29, 1.82) is 0 Å². The monoisotopic (exact) mass is 330 g/mol. The number of carbonyl (C=O) groups excluding carboxylic acids is 3. The van der Waals surface area contributed by atoms with Gasteiger partial charge in [-0.05, 0) is 19.1 Å². The fourth-order valence-electron chi connectivity index (χ4n) is 1.54. The number of methoxy groups -OCH3 is 2. The van der Waals surface area contributed by atoms with Crippen LogP contribution in [0.25, 0.3) is 0 Å². The van der Waals surface area contributed by atoms with E-state index < -0.39 is 24.0 Å². The van der Waals surface area contributed by atoms with Gasteiger partial charge in [0.25, 0.3) is 5.91 Å². The number of halogens is 1. The van der Waals surface area contributed by atoms with E-state index in [1.807, 2.05) is 0 Å². The largest absolute Gasteiger partial charge is 0.493 e. The van der Waals surface area contributed by atoms with Gasteiger partial charge < -0.3 is 19.9 Å². The van der Waals surface area contributed by atoms with Crippen molar-refractivity contribution in [2.24, 2.45) is 5.73 Å². The number of benzene rings is 1. The first-order valence-electron chi connectivity index (χ1n) is 6.03. The summed E-state index contributed by atoms with van der Waals surface area (Å²) in [6, 6.07) is 1.62. The fourth-order valence-corrected chi connectivity index (χ4v) is 1.83. The van der Waals surface area contributed by atoms with Crippen LogP contribution in [0.3, 0.4) is 0 Å². The van der Waals surface area contributed by atoms with E-state index >= 15 is 0 Å². The summed E-state index contributed by atoms with van der Waals surface area (Å²) in [7, 11) is 2.78. The summed E-state index contributed by atoms with van der Waals surface area (Å²) >= 11 is 5.97. The van der Waals surface area contributed by atoms with E-state index in [-0.39, 0.29) is 22.1 Å². The summed E-state index contributed by atoms with van der Waals surface area (Å²) in [5, 5.41) is 1.95. The zero-order valence-corrected chi connectivity index (χ0v) is 12.9. The Labute approximate surface area is 131 Å². The molecule has 0 unspecified atom stereocenters. The molecule has 0 spiro atoms. The second-order valence-corrected chi connectivity index (χ2v) is 4.50. The van der Waals surface area contributed by atoms with Gasteiger partial charge in [0.1, 0.15) is 0 Å². The molecule has 1 atom stereocenters. The smallest absolute Gasteiger partial charge is 0.339 e. The Balaban J connectivity index is 2.92. The Morgan fingerprint density at radius 3 is 2.36 bits per heavy atom. The van der Waals surface area contributed by atoms with Gasteiger partial charge in [-0.15, -0.1) is 0 Å². The molecule has 0 aliphatic heterocycles. The Hall–Kier alpha value is -2.48. The van der Waals surface area contributed by atoms with Crippen molar-refractivity contribution in [2.75, 3.05) is 14.2 Å². The van der Waals surface area contributed by atoms with Gasteiger partial charge in [-0.2, -0.15) is 0 Å². The molecule has 0 radical (unpaired) electrons. The molecule has 0 aromatic heterocycles. The number of nitrogens with one attached hydrogen (secondary N) is 1. The topological polar surface area (TPSA) is 117 Å². The van der Waals surface area contributed by atoms with Crippen molar-refractivity contribution in [3.63, 3.8) is 0 Å². The molecule has 3 amide bonds. The van der Waals surface area contributed by atoms with Gasteiger partial charge in [-0.1, -0.05) is 11.6 Å². The van der Waals surface area contributed by atoms with Crippen molar-refractivity contribution < 1.29 is 28.6 Å². The maximum atomic E-state index is 12.0. The molecule has 1 aromatic carbocycles. The SMILES string of the molecule is COc1cc(C(=O)O[C@H](C)C(=O)NC(N)=O)cc(Cl)c1OC. The van der Waals surface area contributed by atoms with Crippen molar-refractivity contribution in [3.05, 3.63) is 22.7 Å². The molecule has 1 aromatic rings. The predicted molar refractivity (Wildman–Crippen MR) is 77.2 cm³/mol. The van der Waals surface area contributed by atoms with E-state index in [9.17, 15) is 14.4 Å². The van der Waals surface area contributed by atoms with Crippen molar-refractivity contribution in [3.8, 4) is 11.5 Å². The lowest BCUT2D eigenvalue weighted by Crippen LogP contribution is -2.42. The quantitative estimate of drug-likeness (QED) is 0.781. The third kappa shape index (κ3) is 4.26. The molecule has 0 bridgehead atoms. The first kappa shape index (κ1) is 17.6. The van der Waals surface area contributed by atoms with Crippen LogP contribution in [-0.2, 0) is 9.53 Å². The third-order valence-electron chi connectivity index (χ3n) is 2.57. The van der Waals surface area contributed by atoms with E-state index in [1.54, 1.807) is 5.32 Å². The number of ether oxygens (including phenoxy) is 3. The third-order valence-corrected chi connectivity index (χ3v) is 2.85. The number of carbonyl (C=O) groups is 3. The lowest BCUT2D eigenvalue weighted by molar-refractivity contribution is -0.127. The zero-order chi connectivity index (χ0) is 16.9. The second-order valence-electron chi connectivity index (χ2n) is 4.09. The summed E-state index contributed by atoms with van der Waals surface area (Å²) in [4.78, 5) is 34.0. The lowest BCUT2D eigenvalue weighted by Gasteiger charge is -2.14. The standard InChI is InChI=1S/C13H15ClN2O6/c1-6(11(17)16-13(15)19)22-12(18)7-4-8(14)10(21-3)9(5-7)20-2/h4-6H,1-3H3,(H3,15,16,17,19)/t6-/m1/s1. The molecule has 0 aliphatic rings. The van der Waals surface area contributed by atoms with Gasteiger partial charge >= 0.3 is 12.0 Å². The zero-order valence-electron chi connectivity index (χ0n) is 12.1. The van der Waals surface area contributed by atoms with E-state index in [2.05, 4.69) is 0 Å². The molecule has 0 fully saturated rings. The van der Waals surface area contributed by atoms with E-state index in [1.165, 1.54) is 33.3 Å². The molecular formula is C13H15ClN2O6. The molecule has 0 heterocycles. The Kier molecular flexibility index (Phi) is 6.00. The van der Waals surface area contributed by atoms with Gasteiger partial charge in [0.2, 0.25) is 0 Å². The first-order chi connectivity index (χ1) is 10.3. The van der Waals surface area contributed by atoms with Crippen molar-refractivity contribution >= 4 is 29.5 Å². The van der Waals surface area contributed by atoms with Crippen molar-refractivity contribution in [1.82, 2.24) is 5.32 Å². The van der Waals surface area contributed by atoms with Gasteiger partial charge in [-0.3, -0.25) is 10.1 Å². The molecule has 0 saturated heterocycles. The highest BCUT2D eigenvalue weighted by Crippen LogP contribution is 2.36. The fraction of sp³-hybridized carbons (Fsp3) is 0.308. The molecule has 120 valence electrons. The number of esters is 1. The minimum atomic E-state index is -1.22. The maximum absolute atomic E-state index is 12.0. The minimum absolute atomic E-state index is 0.0568. The number of rotatable bonds is 5. The maximum Gasteiger partial charge on any atom is 0.339 e. The highest BCUT2D eigenvalue weighted by molar-refractivity contribution is 6.32. The number of primary amides is 1. The number of imide groups is 1. The van der Waals surface area contributed by atoms with Crippen LogP contribution < -0.4 is 20.5 Å². The van der Waals surface area contributed by atoms with Gasteiger partial charge in [0.15, 0.2) is 17.6 Å². The summed E-state index contributed by atoms with van der Waals surface area (Å²) in [5.74, 6) is -1.17. The average Bonchev–Trinajstić information content (AvgIpc) is 2.45. The van der Waals surface area contributed by atoms with E-state index in [0.717, 1.165) is 0 Å². The second kappa shape index (κ2) is 7.51. The van der Waals surface area contributed by atoms with Crippen LogP contribution in [0.5, 0.6) is 11.5 Å². The number of hydrogen-bond acceptors (Lipinski definition) is 6.